The van der Waals surface area contributed by atoms with E-state index in [4.69, 9.17) is 5.11 Å². The van der Waals surface area contributed by atoms with Gasteiger partial charge in [-0.25, -0.2) is 0 Å². The van der Waals surface area contributed by atoms with Gasteiger partial charge in [-0.2, -0.15) is 11.8 Å². The van der Waals surface area contributed by atoms with Crippen LogP contribution < -0.4 is 0 Å². The summed E-state index contributed by atoms with van der Waals surface area (Å²) >= 11 is 4.01. The summed E-state index contributed by atoms with van der Waals surface area (Å²) in [5, 5.41) is 10.6. The van der Waals surface area contributed by atoms with Gasteiger partial charge < -0.3 is 5.11 Å². The Morgan fingerprint density at radius 3 is 3.00 bits per heavy atom. The van der Waals surface area contributed by atoms with E-state index >= 15 is 0 Å². The Hall–Kier alpha value is 0.400. The van der Waals surface area contributed by atoms with Gasteiger partial charge in [0.2, 0.25) is 0 Å². The van der Waals surface area contributed by atoms with Gasteiger partial charge in [0, 0.05) is 15.4 Å². The molecule has 2 aliphatic rings. The molecule has 0 aromatic carbocycles. The van der Waals surface area contributed by atoms with Crippen LogP contribution in [0.15, 0.2) is 11.0 Å². The molecule has 0 bridgehead atoms. The molecule has 0 spiro atoms. The van der Waals surface area contributed by atoms with E-state index in [2.05, 4.69) is 17.8 Å². The molecule has 68 valence electrons. The highest BCUT2D eigenvalue weighted by Crippen LogP contribution is 2.42. The number of aliphatic hydroxyl groups is 1. The van der Waals surface area contributed by atoms with Crippen LogP contribution in [0.2, 0.25) is 0 Å². The van der Waals surface area contributed by atoms with Crippen molar-refractivity contribution in [2.45, 2.75) is 29.8 Å². The maximum absolute atomic E-state index is 8.93. The van der Waals surface area contributed by atoms with Gasteiger partial charge >= 0.3 is 0 Å². The fourth-order valence-electron chi connectivity index (χ4n) is 1.76. The van der Waals surface area contributed by atoms with E-state index in [0.29, 0.717) is 0 Å². The quantitative estimate of drug-likeness (QED) is 0.742. The Balaban J connectivity index is 1.85. The number of rotatable bonds is 2. The second kappa shape index (κ2) is 4.07. The molecule has 0 aliphatic carbocycles. The van der Waals surface area contributed by atoms with Crippen molar-refractivity contribution in [3.63, 3.8) is 0 Å². The molecule has 0 amide bonds. The first-order valence-corrected chi connectivity index (χ1v) is 6.41. The maximum atomic E-state index is 8.93. The lowest BCUT2D eigenvalue weighted by molar-refractivity contribution is 0.339. The van der Waals surface area contributed by atoms with Gasteiger partial charge in [0.15, 0.2) is 0 Å². The minimum Gasteiger partial charge on any atom is -0.391 e. The zero-order valence-corrected chi connectivity index (χ0v) is 8.66. The van der Waals surface area contributed by atoms with Gasteiger partial charge in [0.05, 0.1) is 6.61 Å². The van der Waals surface area contributed by atoms with Gasteiger partial charge in [0.1, 0.15) is 0 Å². The van der Waals surface area contributed by atoms with Gasteiger partial charge in [-0.1, -0.05) is 6.08 Å². The molecule has 0 saturated carbocycles. The average Bonchev–Trinajstić information content (AvgIpc) is 2.75. The first kappa shape index (κ1) is 8.97. The lowest BCUT2D eigenvalue weighted by Crippen LogP contribution is -2.13. The van der Waals surface area contributed by atoms with Crippen molar-refractivity contribution in [3.05, 3.63) is 11.0 Å². The minimum absolute atomic E-state index is 0.249. The van der Waals surface area contributed by atoms with Crippen LogP contribution in [-0.4, -0.2) is 28.0 Å². The first-order valence-electron chi connectivity index (χ1n) is 4.48. The second-order valence-corrected chi connectivity index (χ2v) is 5.98. The van der Waals surface area contributed by atoms with Crippen LogP contribution in [0.4, 0.5) is 0 Å². The van der Waals surface area contributed by atoms with Crippen LogP contribution in [0.3, 0.4) is 0 Å². The predicted molar refractivity (Wildman–Crippen MR) is 56.6 cm³/mol. The summed E-state index contributed by atoms with van der Waals surface area (Å²) in [6, 6.07) is 0. The largest absolute Gasteiger partial charge is 0.391 e. The normalized spacial score (nSPS) is 35.6. The van der Waals surface area contributed by atoms with Gasteiger partial charge in [-0.3, -0.25) is 0 Å². The van der Waals surface area contributed by atoms with Crippen molar-refractivity contribution in [1.29, 1.82) is 0 Å². The molecule has 0 radical (unpaired) electrons. The van der Waals surface area contributed by atoms with E-state index in [-0.39, 0.29) is 6.61 Å². The zero-order valence-electron chi connectivity index (χ0n) is 7.03. The molecule has 3 heteroatoms. The molecule has 12 heavy (non-hydrogen) atoms. The molecule has 2 heterocycles. The molecule has 2 rings (SSSR count). The van der Waals surface area contributed by atoms with Gasteiger partial charge in [-0.15, -0.1) is 11.8 Å². The molecule has 1 saturated heterocycles. The smallest absolute Gasteiger partial charge is 0.0737 e. The van der Waals surface area contributed by atoms with Crippen LogP contribution in [-0.2, 0) is 0 Å². The van der Waals surface area contributed by atoms with Crippen LogP contribution in [0, 0.1) is 0 Å². The lowest BCUT2D eigenvalue weighted by atomic mass is 10.1. The van der Waals surface area contributed by atoms with E-state index in [1.165, 1.54) is 29.9 Å². The summed E-state index contributed by atoms with van der Waals surface area (Å²) in [5.74, 6) is 1.34. The molecular formula is C9H14OS2. The highest BCUT2D eigenvalue weighted by Gasteiger charge is 2.28. The minimum atomic E-state index is 0.249. The van der Waals surface area contributed by atoms with E-state index in [0.717, 1.165) is 10.5 Å². The molecule has 1 fully saturated rings. The van der Waals surface area contributed by atoms with Crippen molar-refractivity contribution in [3.8, 4) is 0 Å². The Bertz CT molecular complexity index is 185. The number of allylic oxidation sites excluding steroid dienone is 1. The summed E-state index contributed by atoms with van der Waals surface area (Å²) in [7, 11) is 0. The third-order valence-corrected chi connectivity index (χ3v) is 5.53. The van der Waals surface area contributed by atoms with E-state index < -0.39 is 0 Å². The summed E-state index contributed by atoms with van der Waals surface area (Å²) in [5.41, 5.74) is 0. The zero-order chi connectivity index (χ0) is 8.39. The summed E-state index contributed by atoms with van der Waals surface area (Å²) in [6.45, 7) is 0.249. The van der Waals surface area contributed by atoms with Crippen molar-refractivity contribution in [2.75, 3.05) is 12.4 Å². The third kappa shape index (κ3) is 1.83. The van der Waals surface area contributed by atoms with Crippen molar-refractivity contribution in [2.24, 2.45) is 0 Å². The Morgan fingerprint density at radius 2 is 2.42 bits per heavy atom. The Labute approximate surface area is 82.0 Å². The molecule has 2 unspecified atom stereocenters. The van der Waals surface area contributed by atoms with Crippen LogP contribution in [0.5, 0.6) is 0 Å². The molecule has 0 aromatic heterocycles. The maximum Gasteiger partial charge on any atom is 0.0737 e. The first-order chi connectivity index (χ1) is 5.90. The van der Waals surface area contributed by atoms with Crippen LogP contribution in [0.25, 0.3) is 0 Å². The topological polar surface area (TPSA) is 20.2 Å². The van der Waals surface area contributed by atoms with Crippen molar-refractivity contribution >= 4 is 23.5 Å². The number of hydrogen-bond acceptors (Lipinski definition) is 3. The Kier molecular flexibility index (Phi) is 3.05. The third-order valence-electron chi connectivity index (χ3n) is 2.42. The van der Waals surface area contributed by atoms with Crippen molar-refractivity contribution < 1.29 is 5.11 Å². The van der Waals surface area contributed by atoms with Crippen LogP contribution >= 0.6 is 23.5 Å². The fraction of sp³-hybridized carbons (Fsp3) is 0.778. The van der Waals surface area contributed by atoms with Gasteiger partial charge in [-0.05, 0) is 25.0 Å². The number of hydrogen-bond donors (Lipinski definition) is 1. The van der Waals surface area contributed by atoms with Gasteiger partial charge in [0.25, 0.3) is 0 Å². The summed E-state index contributed by atoms with van der Waals surface area (Å²) in [6.07, 6.45) is 6.15. The average molecular weight is 202 g/mol. The molecule has 1 N–H and O–H groups in total. The molecular weight excluding hydrogens is 188 g/mol. The van der Waals surface area contributed by atoms with E-state index in [1.807, 2.05) is 11.8 Å². The highest BCUT2D eigenvalue weighted by molar-refractivity contribution is 8.06. The second-order valence-electron chi connectivity index (χ2n) is 3.27. The Morgan fingerprint density at radius 1 is 1.50 bits per heavy atom. The van der Waals surface area contributed by atoms with E-state index in [9.17, 15) is 0 Å². The number of aliphatic hydroxyl groups excluding tert-OH is 1. The molecule has 2 atom stereocenters. The summed E-state index contributed by atoms with van der Waals surface area (Å²) in [4.78, 5) is 1.19. The highest BCUT2D eigenvalue weighted by atomic mass is 32.2. The van der Waals surface area contributed by atoms with E-state index in [1.54, 1.807) is 0 Å². The molecule has 0 aromatic rings. The number of thioether (sulfide) groups is 2. The fourth-order valence-corrected chi connectivity index (χ4v) is 4.60. The van der Waals surface area contributed by atoms with Crippen LogP contribution in [0.1, 0.15) is 19.3 Å². The predicted octanol–water partition coefficient (Wildman–Crippen LogP) is 2.26. The summed E-state index contributed by atoms with van der Waals surface area (Å²) < 4.78 is 0. The molecule has 2 aliphatic heterocycles. The molecule has 1 nitrogen and oxygen atoms in total. The SMILES string of the molecule is OCC1=CCC(C2CCCS2)S1. The monoisotopic (exact) mass is 202 g/mol. The lowest BCUT2D eigenvalue weighted by Gasteiger charge is -2.16. The van der Waals surface area contributed by atoms with Crippen molar-refractivity contribution in [1.82, 2.24) is 0 Å². The standard InChI is InChI=1S/C9H14OS2/c10-6-7-3-4-9(12-7)8-2-1-5-11-8/h3,8-10H,1-2,4-6H2.